The van der Waals surface area contributed by atoms with Gasteiger partial charge in [-0.3, -0.25) is 0 Å². The molecule has 0 spiro atoms. The molecule has 0 atom stereocenters. The highest BCUT2D eigenvalue weighted by Crippen LogP contribution is 2.34. The minimum absolute atomic E-state index is 0.0409. The molecule has 0 aliphatic carbocycles. The second kappa shape index (κ2) is 8.04. The van der Waals surface area contributed by atoms with E-state index in [1.807, 2.05) is 73.6 Å². The summed E-state index contributed by atoms with van der Waals surface area (Å²) in [6.07, 6.45) is 3.81. The molecule has 1 aromatic heterocycles. The third kappa shape index (κ3) is 4.63. The van der Waals surface area contributed by atoms with Gasteiger partial charge >= 0.3 is 0 Å². The van der Waals surface area contributed by atoms with E-state index in [0.29, 0.717) is 5.57 Å². The van der Waals surface area contributed by atoms with Crippen LogP contribution in [0, 0.1) is 22.7 Å². The van der Waals surface area contributed by atoms with Gasteiger partial charge in [-0.15, -0.1) is 11.3 Å². The first-order valence-electron chi connectivity index (χ1n) is 8.37. The maximum Gasteiger partial charge on any atom is 0.138 e. The molecule has 0 aliphatic heterocycles. The lowest BCUT2D eigenvalue weighted by atomic mass is 9.95. The predicted molar refractivity (Wildman–Crippen MR) is 111 cm³/mol. The second-order valence-electron chi connectivity index (χ2n) is 7.25. The van der Waals surface area contributed by atoms with E-state index in [4.69, 9.17) is 0 Å². The SMILES string of the molecule is CN(C)c1ccc(/C=C/C(=C(C#N)C#N)c2ccc(C(C)(C)C)s2)cc1. The van der Waals surface area contributed by atoms with Crippen LogP contribution in [0.15, 0.2) is 48.0 Å². The van der Waals surface area contributed by atoms with Gasteiger partial charge < -0.3 is 4.90 Å². The molecule has 0 unspecified atom stereocenters. The Balaban J connectivity index is 2.41. The van der Waals surface area contributed by atoms with Gasteiger partial charge in [-0.2, -0.15) is 10.5 Å². The highest BCUT2D eigenvalue weighted by Gasteiger charge is 2.18. The summed E-state index contributed by atoms with van der Waals surface area (Å²) in [5.74, 6) is 0. The highest BCUT2D eigenvalue weighted by molar-refractivity contribution is 7.13. The topological polar surface area (TPSA) is 50.8 Å². The molecule has 2 aromatic rings. The van der Waals surface area contributed by atoms with Gasteiger partial charge in [0.1, 0.15) is 17.7 Å². The minimum Gasteiger partial charge on any atom is -0.378 e. The van der Waals surface area contributed by atoms with E-state index in [1.165, 1.54) is 4.88 Å². The van der Waals surface area contributed by atoms with Crippen LogP contribution in [-0.4, -0.2) is 14.1 Å². The molecule has 0 bridgehead atoms. The van der Waals surface area contributed by atoms with Crippen molar-refractivity contribution in [2.45, 2.75) is 26.2 Å². The summed E-state index contributed by atoms with van der Waals surface area (Å²) in [6.45, 7) is 6.47. The van der Waals surface area contributed by atoms with Gasteiger partial charge in [0.25, 0.3) is 0 Å². The van der Waals surface area contributed by atoms with Gasteiger partial charge in [-0.1, -0.05) is 45.1 Å². The average Bonchev–Trinajstić information content (AvgIpc) is 3.09. The van der Waals surface area contributed by atoms with Crippen molar-refractivity contribution >= 4 is 28.7 Å². The predicted octanol–water partition coefficient (Wildman–Crippen LogP) is 5.63. The Labute approximate surface area is 160 Å². The molecule has 4 heteroatoms. The lowest BCUT2D eigenvalue weighted by Gasteiger charge is -2.15. The molecule has 0 amide bonds. The molecule has 1 heterocycles. The van der Waals surface area contributed by atoms with Crippen molar-refractivity contribution in [3.05, 3.63) is 63.4 Å². The average molecular weight is 362 g/mol. The first-order chi connectivity index (χ1) is 12.3. The number of anilines is 1. The lowest BCUT2D eigenvalue weighted by molar-refractivity contribution is 0.604. The number of benzene rings is 1. The fourth-order valence-corrected chi connectivity index (χ4v) is 3.48. The quantitative estimate of drug-likeness (QED) is 0.524. The van der Waals surface area contributed by atoms with Crippen molar-refractivity contribution in [2.24, 2.45) is 0 Å². The molecule has 0 aliphatic rings. The molecule has 1 aromatic carbocycles. The van der Waals surface area contributed by atoms with E-state index in [2.05, 4.69) is 26.8 Å². The van der Waals surface area contributed by atoms with E-state index in [9.17, 15) is 10.5 Å². The maximum absolute atomic E-state index is 9.35. The molecule has 0 N–H and O–H groups in total. The Kier molecular flexibility index (Phi) is 6.03. The Morgan fingerprint density at radius 2 is 1.62 bits per heavy atom. The third-order valence-electron chi connectivity index (χ3n) is 3.96. The van der Waals surface area contributed by atoms with Crippen molar-refractivity contribution in [1.82, 2.24) is 0 Å². The third-order valence-corrected chi connectivity index (χ3v) is 5.50. The molecule has 0 saturated heterocycles. The molecule has 0 radical (unpaired) electrons. The summed E-state index contributed by atoms with van der Waals surface area (Å²) >= 11 is 1.63. The van der Waals surface area contributed by atoms with Gasteiger partial charge in [0, 0.05) is 35.1 Å². The summed E-state index contributed by atoms with van der Waals surface area (Å²) in [5.41, 5.74) is 3.00. The van der Waals surface area contributed by atoms with Crippen molar-refractivity contribution in [1.29, 1.82) is 10.5 Å². The molecule has 132 valence electrons. The molecule has 0 saturated carbocycles. The van der Waals surface area contributed by atoms with Crippen molar-refractivity contribution in [2.75, 3.05) is 19.0 Å². The summed E-state index contributed by atoms with van der Waals surface area (Å²) in [4.78, 5) is 4.21. The Hall–Kier alpha value is -2.82. The molecular weight excluding hydrogens is 338 g/mol. The van der Waals surface area contributed by atoms with Crippen LogP contribution in [0.25, 0.3) is 11.6 Å². The maximum atomic E-state index is 9.35. The zero-order chi connectivity index (χ0) is 19.3. The van der Waals surface area contributed by atoms with Crippen LogP contribution in [0.5, 0.6) is 0 Å². The Morgan fingerprint density at radius 3 is 2.08 bits per heavy atom. The second-order valence-corrected chi connectivity index (χ2v) is 8.33. The number of hydrogen-bond donors (Lipinski definition) is 0. The van der Waals surface area contributed by atoms with Crippen molar-refractivity contribution in [3.63, 3.8) is 0 Å². The number of hydrogen-bond acceptors (Lipinski definition) is 4. The number of nitriles is 2. The van der Waals surface area contributed by atoms with Crippen LogP contribution in [-0.2, 0) is 5.41 Å². The minimum atomic E-state index is 0.0409. The van der Waals surface area contributed by atoms with E-state index >= 15 is 0 Å². The molecule has 0 fully saturated rings. The zero-order valence-electron chi connectivity index (χ0n) is 15.9. The number of nitrogens with zero attached hydrogens (tertiary/aromatic N) is 3. The van der Waals surface area contributed by atoms with E-state index in [-0.39, 0.29) is 11.0 Å². The van der Waals surface area contributed by atoms with Crippen LogP contribution < -0.4 is 4.90 Å². The van der Waals surface area contributed by atoms with Crippen LogP contribution in [0.1, 0.15) is 36.1 Å². The monoisotopic (exact) mass is 361 g/mol. The standard InChI is InChI=1S/C22H23N3S/c1-22(2,3)21-13-12-20(26-21)19(17(14-23)15-24)11-8-16-6-9-18(10-7-16)25(4)5/h6-13H,1-5H3/b11-8+. The van der Waals surface area contributed by atoms with Gasteiger partial charge in [0.05, 0.1) is 0 Å². The fourth-order valence-electron chi connectivity index (χ4n) is 2.38. The smallest absolute Gasteiger partial charge is 0.138 e. The largest absolute Gasteiger partial charge is 0.378 e. The number of rotatable bonds is 4. The summed E-state index contributed by atoms with van der Waals surface area (Å²) in [6, 6.07) is 16.3. The zero-order valence-corrected chi connectivity index (χ0v) is 16.7. The van der Waals surface area contributed by atoms with Gasteiger partial charge in [0.2, 0.25) is 0 Å². The molecular formula is C22H23N3S. The lowest BCUT2D eigenvalue weighted by Crippen LogP contribution is -2.07. The molecule has 2 rings (SSSR count). The Bertz CT molecular complexity index is 892. The van der Waals surface area contributed by atoms with E-state index < -0.39 is 0 Å². The normalized spacial score (nSPS) is 11.0. The summed E-state index contributed by atoms with van der Waals surface area (Å²) in [5, 5.41) is 18.7. The number of allylic oxidation sites excluding steroid dienone is 3. The van der Waals surface area contributed by atoms with Crippen LogP contribution in [0.2, 0.25) is 0 Å². The van der Waals surface area contributed by atoms with Crippen molar-refractivity contribution in [3.8, 4) is 12.1 Å². The Morgan fingerprint density at radius 1 is 1.00 bits per heavy atom. The molecule has 26 heavy (non-hydrogen) atoms. The first kappa shape index (κ1) is 19.5. The summed E-state index contributed by atoms with van der Waals surface area (Å²) in [7, 11) is 4.00. The number of thiophene rings is 1. The molecule has 3 nitrogen and oxygen atoms in total. The first-order valence-corrected chi connectivity index (χ1v) is 9.18. The summed E-state index contributed by atoms with van der Waals surface area (Å²) < 4.78 is 0. The van der Waals surface area contributed by atoms with Crippen molar-refractivity contribution < 1.29 is 0 Å². The van der Waals surface area contributed by atoms with Crippen LogP contribution in [0.4, 0.5) is 5.69 Å². The highest BCUT2D eigenvalue weighted by atomic mass is 32.1. The van der Waals surface area contributed by atoms with Gasteiger partial charge in [-0.25, -0.2) is 0 Å². The van der Waals surface area contributed by atoms with E-state index in [1.54, 1.807) is 11.3 Å². The van der Waals surface area contributed by atoms with E-state index in [0.717, 1.165) is 16.1 Å². The van der Waals surface area contributed by atoms with Gasteiger partial charge in [0.15, 0.2) is 0 Å². The fraction of sp³-hybridized carbons (Fsp3) is 0.273. The van der Waals surface area contributed by atoms with Crippen LogP contribution >= 0.6 is 11.3 Å². The van der Waals surface area contributed by atoms with Crippen LogP contribution in [0.3, 0.4) is 0 Å². The van der Waals surface area contributed by atoms with Gasteiger partial charge in [-0.05, 0) is 35.2 Å².